The molecular formula is C34H40ClN5O4S. The van der Waals surface area contributed by atoms with E-state index < -0.39 is 11.6 Å². The first-order valence-electron chi connectivity index (χ1n) is 15.6. The SMILES string of the molecule is CCCCCOC(=O)n1nc(NC(=O)c2ccc(CN3CCCCC3)cc2)c2cc(C(=O)NC(C)(C)c3ccccc3Cl)sc21. The van der Waals surface area contributed by atoms with E-state index in [2.05, 4.69) is 27.6 Å². The van der Waals surface area contributed by atoms with Gasteiger partial charge >= 0.3 is 6.09 Å². The van der Waals surface area contributed by atoms with Gasteiger partial charge in [-0.15, -0.1) is 16.4 Å². The largest absolute Gasteiger partial charge is 0.448 e. The molecule has 0 radical (unpaired) electrons. The van der Waals surface area contributed by atoms with Crippen LogP contribution in [0.25, 0.3) is 10.2 Å². The second kappa shape index (κ2) is 14.6. The Bertz CT molecular complexity index is 1660. The van der Waals surface area contributed by atoms with Gasteiger partial charge in [0.1, 0.15) is 4.83 Å². The summed E-state index contributed by atoms with van der Waals surface area (Å²) in [6.07, 6.45) is 5.73. The molecule has 0 bridgehead atoms. The Morgan fingerprint density at radius 1 is 1.00 bits per heavy atom. The van der Waals surface area contributed by atoms with Crippen LogP contribution in [0.5, 0.6) is 0 Å². The second-order valence-electron chi connectivity index (χ2n) is 12.0. The fourth-order valence-corrected chi connectivity index (χ4v) is 6.87. The van der Waals surface area contributed by atoms with Gasteiger partial charge < -0.3 is 15.4 Å². The standard InChI is InChI=1S/C34H40ClN5O4S/c1-4-5-11-20-44-33(43)40-32-25(21-28(45-32)31(42)37-34(2,3)26-12-7-8-13-27(26)35)29(38-40)36-30(41)24-16-14-23(15-17-24)22-39-18-9-6-10-19-39/h7-8,12-17,21H,4-6,9-11,18-20,22H2,1-3H3,(H,37,42)(H,36,38,41). The van der Waals surface area contributed by atoms with Crippen molar-refractivity contribution < 1.29 is 19.1 Å². The normalized spacial score (nSPS) is 14.0. The Morgan fingerprint density at radius 3 is 2.44 bits per heavy atom. The molecule has 9 nitrogen and oxygen atoms in total. The maximum atomic E-state index is 13.5. The number of fused-ring (bicyclic) bond motifs is 1. The summed E-state index contributed by atoms with van der Waals surface area (Å²) in [7, 11) is 0. The van der Waals surface area contributed by atoms with Crippen LogP contribution in [0.2, 0.25) is 5.02 Å². The van der Waals surface area contributed by atoms with Crippen molar-refractivity contribution in [3.05, 3.63) is 81.2 Å². The summed E-state index contributed by atoms with van der Waals surface area (Å²) in [5.74, 6) is -0.524. The molecule has 0 atom stereocenters. The van der Waals surface area contributed by atoms with Gasteiger partial charge in [0.25, 0.3) is 11.8 Å². The van der Waals surface area contributed by atoms with E-state index >= 15 is 0 Å². The lowest BCUT2D eigenvalue weighted by Gasteiger charge is -2.27. The zero-order valence-electron chi connectivity index (χ0n) is 26.0. The topological polar surface area (TPSA) is 106 Å². The highest BCUT2D eigenvalue weighted by Crippen LogP contribution is 2.34. The molecule has 11 heteroatoms. The Hall–Kier alpha value is -3.73. The summed E-state index contributed by atoms with van der Waals surface area (Å²) in [6.45, 7) is 9.13. The minimum absolute atomic E-state index is 0.179. The molecule has 1 saturated heterocycles. The molecule has 238 valence electrons. The number of hydrogen-bond acceptors (Lipinski definition) is 7. The van der Waals surface area contributed by atoms with Crippen LogP contribution in [0, 0.1) is 0 Å². The van der Waals surface area contributed by atoms with E-state index in [0.717, 1.165) is 66.0 Å². The van der Waals surface area contributed by atoms with Gasteiger partial charge in [-0.25, -0.2) is 4.79 Å². The fourth-order valence-electron chi connectivity index (χ4n) is 5.51. The summed E-state index contributed by atoms with van der Waals surface area (Å²) < 4.78 is 6.60. The molecule has 2 aromatic carbocycles. The number of benzene rings is 2. The van der Waals surface area contributed by atoms with Crippen molar-refractivity contribution >= 4 is 56.9 Å². The van der Waals surface area contributed by atoms with Gasteiger partial charge in [-0.1, -0.05) is 68.1 Å². The number of anilines is 1. The number of hydrogen-bond donors (Lipinski definition) is 2. The number of unbranched alkanes of at least 4 members (excludes halogenated alkanes) is 2. The molecule has 1 aliphatic heterocycles. The zero-order valence-corrected chi connectivity index (χ0v) is 27.6. The number of halogens is 1. The van der Waals surface area contributed by atoms with Gasteiger partial charge in [0, 0.05) is 17.1 Å². The van der Waals surface area contributed by atoms with Crippen molar-refractivity contribution in [1.29, 1.82) is 0 Å². The molecule has 0 saturated carbocycles. The lowest BCUT2D eigenvalue weighted by atomic mass is 9.94. The summed E-state index contributed by atoms with van der Waals surface area (Å²) in [6, 6.07) is 16.5. The number of ether oxygens (including phenoxy) is 1. The highest BCUT2D eigenvalue weighted by molar-refractivity contribution is 7.20. The van der Waals surface area contributed by atoms with Gasteiger partial charge in [0.15, 0.2) is 5.82 Å². The van der Waals surface area contributed by atoms with Crippen LogP contribution in [0.15, 0.2) is 54.6 Å². The van der Waals surface area contributed by atoms with Crippen molar-refractivity contribution in [3.8, 4) is 0 Å². The predicted octanol–water partition coefficient (Wildman–Crippen LogP) is 7.83. The number of nitrogens with one attached hydrogen (secondary N) is 2. The molecule has 1 fully saturated rings. The molecule has 4 aromatic rings. The van der Waals surface area contributed by atoms with Crippen molar-refractivity contribution in [2.45, 2.75) is 71.4 Å². The average Bonchev–Trinajstić information content (AvgIpc) is 3.61. The minimum atomic E-state index is -0.771. The van der Waals surface area contributed by atoms with E-state index in [1.54, 1.807) is 24.3 Å². The Morgan fingerprint density at radius 2 is 1.73 bits per heavy atom. The number of amides is 2. The van der Waals surface area contributed by atoms with Crippen molar-refractivity contribution in [1.82, 2.24) is 20.0 Å². The maximum Gasteiger partial charge on any atom is 0.436 e. The smallest absolute Gasteiger partial charge is 0.436 e. The maximum absolute atomic E-state index is 13.5. The molecule has 5 rings (SSSR count). The van der Waals surface area contributed by atoms with E-state index in [-0.39, 0.29) is 24.2 Å². The van der Waals surface area contributed by atoms with Gasteiger partial charge in [-0.05, 0) is 81.6 Å². The number of rotatable bonds is 11. The quantitative estimate of drug-likeness (QED) is 0.160. The van der Waals surface area contributed by atoms with Crippen LogP contribution in [0.1, 0.15) is 90.5 Å². The van der Waals surface area contributed by atoms with Crippen LogP contribution in [-0.2, 0) is 16.8 Å². The molecule has 1 aliphatic rings. The van der Waals surface area contributed by atoms with Crippen LogP contribution < -0.4 is 10.6 Å². The molecule has 45 heavy (non-hydrogen) atoms. The third kappa shape index (κ3) is 7.92. The number of aromatic nitrogens is 2. The van der Waals surface area contributed by atoms with Crippen molar-refractivity contribution in [3.63, 3.8) is 0 Å². The van der Waals surface area contributed by atoms with Gasteiger partial charge in [0.05, 0.1) is 22.4 Å². The molecule has 2 amide bonds. The van der Waals surface area contributed by atoms with Crippen LogP contribution in [0.3, 0.4) is 0 Å². The Balaban J connectivity index is 1.37. The van der Waals surface area contributed by atoms with Crippen LogP contribution in [-0.4, -0.2) is 52.3 Å². The number of piperidine rings is 1. The third-order valence-corrected chi connectivity index (χ3v) is 9.45. The first kappa shape index (κ1) is 32.7. The predicted molar refractivity (Wildman–Crippen MR) is 179 cm³/mol. The first-order valence-corrected chi connectivity index (χ1v) is 16.8. The number of thiophene rings is 1. The lowest BCUT2D eigenvalue weighted by Crippen LogP contribution is -2.40. The molecule has 2 N–H and O–H groups in total. The first-order chi connectivity index (χ1) is 21.7. The summed E-state index contributed by atoms with van der Waals surface area (Å²) >= 11 is 7.53. The van der Waals surface area contributed by atoms with Gasteiger partial charge in [-0.2, -0.15) is 4.68 Å². The molecule has 2 aromatic heterocycles. The van der Waals surface area contributed by atoms with Gasteiger partial charge in [-0.3, -0.25) is 14.5 Å². The lowest BCUT2D eigenvalue weighted by molar-refractivity contribution is 0.0915. The van der Waals surface area contributed by atoms with Crippen molar-refractivity contribution in [2.24, 2.45) is 0 Å². The summed E-state index contributed by atoms with van der Waals surface area (Å²) in [5.41, 5.74) is 1.63. The zero-order chi connectivity index (χ0) is 32.0. The summed E-state index contributed by atoms with van der Waals surface area (Å²) in [4.78, 5) is 43.1. The van der Waals surface area contributed by atoms with Crippen LogP contribution in [0.4, 0.5) is 10.6 Å². The monoisotopic (exact) mass is 649 g/mol. The second-order valence-corrected chi connectivity index (χ2v) is 13.4. The fraction of sp³-hybridized carbons (Fsp3) is 0.412. The molecule has 0 spiro atoms. The van der Waals surface area contributed by atoms with Gasteiger partial charge in [0.2, 0.25) is 0 Å². The van der Waals surface area contributed by atoms with E-state index in [1.165, 1.54) is 19.3 Å². The Kier molecular flexibility index (Phi) is 10.6. The minimum Gasteiger partial charge on any atom is -0.448 e. The third-order valence-electron chi connectivity index (χ3n) is 8.01. The highest BCUT2D eigenvalue weighted by Gasteiger charge is 2.28. The summed E-state index contributed by atoms with van der Waals surface area (Å²) in [5, 5.41) is 11.3. The number of carbonyl (C=O) groups is 3. The molecule has 0 unspecified atom stereocenters. The Labute approximate surface area is 272 Å². The van der Waals surface area contributed by atoms with Crippen molar-refractivity contribution in [2.75, 3.05) is 25.0 Å². The molecular weight excluding hydrogens is 610 g/mol. The number of likely N-dealkylation sites (tertiary alicyclic amines) is 1. The van der Waals surface area contributed by atoms with E-state index in [9.17, 15) is 14.4 Å². The number of carbonyl (C=O) groups excluding carboxylic acids is 3. The van der Waals surface area contributed by atoms with E-state index in [4.69, 9.17) is 16.3 Å². The molecule has 0 aliphatic carbocycles. The highest BCUT2D eigenvalue weighted by atomic mass is 35.5. The van der Waals surface area contributed by atoms with Crippen LogP contribution >= 0.6 is 22.9 Å². The average molecular weight is 650 g/mol. The molecule has 3 heterocycles. The van der Waals surface area contributed by atoms with E-state index in [0.29, 0.717) is 25.7 Å². The number of nitrogens with zero attached hydrogens (tertiary/aromatic N) is 3. The van der Waals surface area contributed by atoms with E-state index in [1.807, 2.05) is 44.2 Å².